The Kier molecular flexibility index (Phi) is 2.49. The number of aromatic nitrogens is 2. The Morgan fingerprint density at radius 1 is 1.75 bits per heavy atom. The molecular formula is C8H15N3O. The van der Waals surface area contributed by atoms with Crippen LogP contribution in [-0.4, -0.2) is 23.4 Å². The first-order chi connectivity index (χ1) is 5.64. The molecule has 0 bridgehead atoms. The van der Waals surface area contributed by atoms with E-state index in [1.165, 1.54) is 0 Å². The van der Waals surface area contributed by atoms with Crippen molar-refractivity contribution in [2.75, 3.05) is 13.7 Å². The molecule has 68 valence electrons. The first-order valence-electron chi connectivity index (χ1n) is 3.88. The summed E-state index contributed by atoms with van der Waals surface area (Å²) in [5.74, 6) is 0. The van der Waals surface area contributed by atoms with E-state index in [9.17, 15) is 0 Å². The van der Waals surface area contributed by atoms with E-state index in [4.69, 9.17) is 10.5 Å². The Labute approximate surface area is 72.3 Å². The second-order valence-electron chi connectivity index (χ2n) is 2.98. The molecular weight excluding hydrogens is 154 g/mol. The third-order valence-corrected chi connectivity index (χ3v) is 2.20. The molecule has 0 radical (unpaired) electrons. The van der Waals surface area contributed by atoms with Crippen LogP contribution in [0.3, 0.4) is 0 Å². The van der Waals surface area contributed by atoms with Gasteiger partial charge in [-0.1, -0.05) is 0 Å². The van der Waals surface area contributed by atoms with Crippen molar-refractivity contribution < 1.29 is 4.74 Å². The maximum absolute atomic E-state index is 5.61. The van der Waals surface area contributed by atoms with Gasteiger partial charge in [0, 0.05) is 26.9 Å². The number of hydrogen-bond donors (Lipinski definition) is 1. The molecule has 1 aromatic heterocycles. The Morgan fingerprint density at radius 3 is 2.75 bits per heavy atom. The third-order valence-electron chi connectivity index (χ3n) is 2.20. The van der Waals surface area contributed by atoms with Gasteiger partial charge in [0.2, 0.25) is 0 Å². The van der Waals surface area contributed by atoms with Crippen molar-refractivity contribution in [2.45, 2.75) is 12.5 Å². The van der Waals surface area contributed by atoms with Gasteiger partial charge in [-0.15, -0.1) is 0 Å². The lowest BCUT2D eigenvalue weighted by molar-refractivity contribution is 0.00332. The highest BCUT2D eigenvalue weighted by atomic mass is 16.5. The Hall–Kier alpha value is -0.870. The van der Waals surface area contributed by atoms with Gasteiger partial charge in [0.25, 0.3) is 0 Å². The molecule has 1 unspecified atom stereocenters. The van der Waals surface area contributed by atoms with Gasteiger partial charge in [0.15, 0.2) is 0 Å². The molecule has 0 spiro atoms. The van der Waals surface area contributed by atoms with Gasteiger partial charge in [0.05, 0.1) is 5.69 Å². The molecule has 1 atom stereocenters. The van der Waals surface area contributed by atoms with Crippen LogP contribution in [0, 0.1) is 0 Å². The summed E-state index contributed by atoms with van der Waals surface area (Å²) in [6.45, 7) is 2.40. The zero-order valence-corrected chi connectivity index (χ0v) is 7.74. The van der Waals surface area contributed by atoms with Crippen LogP contribution < -0.4 is 5.73 Å². The lowest BCUT2D eigenvalue weighted by atomic mass is 10.0. The molecule has 12 heavy (non-hydrogen) atoms. The number of nitrogens with zero attached hydrogens (tertiary/aromatic N) is 2. The van der Waals surface area contributed by atoms with E-state index >= 15 is 0 Å². The van der Waals surface area contributed by atoms with Crippen molar-refractivity contribution in [3.8, 4) is 0 Å². The molecule has 0 aliphatic heterocycles. The maximum Gasteiger partial charge on any atom is 0.119 e. The second kappa shape index (κ2) is 3.25. The lowest BCUT2D eigenvalue weighted by Gasteiger charge is -2.26. The van der Waals surface area contributed by atoms with Gasteiger partial charge >= 0.3 is 0 Å². The highest BCUT2D eigenvalue weighted by Gasteiger charge is 2.27. The van der Waals surface area contributed by atoms with Crippen molar-refractivity contribution in [1.82, 2.24) is 9.78 Å². The summed E-state index contributed by atoms with van der Waals surface area (Å²) in [5.41, 5.74) is 6.18. The summed E-state index contributed by atoms with van der Waals surface area (Å²) in [4.78, 5) is 0. The van der Waals surface area contributed by atoms with Gasteiger partial charge in [0.1, 0.15) is 5.60 Å². The molecule has 1 heterocycles. The molecule has 0 amide bonds. The minimum Gasteiger partial charge on any atom is -0.371 e. The summed E-state index contributed by atoms with van der Waals surface area (Å²) < 4.78 is 7.10. The lowest BCUT2D eigenvalue weighted by Crippen LogP contribution is -2.35. The zero-order chi connectivity index (χ0) is 9.19. The molecule has 0 aliphatic rings. The summed E-state index contributed by atoms with van der Waals surface area (Å²) in [5, 5.41) is 4.06. The highest BCUT2D eigenvalue weighted by molar-refractivity contribution is 5.11. The fourth-order valence-corrected chi connectivity index (χ4v) is 1.19. The maximum atomic E-state index is 5.61. The molecule has 4 nitrogen and oxygen atoms in total. The molecule has 0 saturated heterocycles. The van der Waals surface area contributed by atoms with Gasteiger partial charge in [-0.05, 0) is 13.0 Å². The van der Waals surface area contributed by atoms with Gasteiger partial charge in [-0.2, -0.15) is 5.10 Å². The molecule has 2 N–H and O–H groups in total. The van der Waals surface area contributed by atoms with Crippen molar-refractivity contribution in [1.29, 1.82) is 0 Å². The molecule has 1 rings (SSSR count). The minimum absolute atomic E-state index is 0.425. The van der Waals surface area contributed by atoms with E-state index in [0.29, 0.717) is 6.54 Å². The number of nitrogens with two attached hydrogens (primary N) is 1. The average molecular weight is 169 g/mol. The Bertz CT molecular complexity index is 253. The first-order valence-corrected chi connectivity index (χ1v) is 3.88. The van der Waals surface area contributed by atoms with Crippen molar-refractivity contribution >= 4 is 0 Å². The molecule has 0 saturated carbocycles. The third kappa shape index (κ3) is 1.35. The van der Waals surface area contributed by atoms with Gasteiger partial charge in [-0.3, -0.25) is 4.68 Å². The van der Waals surface area contributed by atoms with Crippen molar-refractivity contribution in [2.24, 2.45) is 12.8 Å². The van der Waals surface area contributed by atoms with Crippen molar-refractivity contribution in [3.63, 3.8) is 0 Å². The number of rotatable bonds is 3. The van der Waals surface area contributed by atoms with Crippen LogP contribution in [-0.2, 0) is 17.4 Å². The fourth-order valence-electron chi connectivity index (χ4n) is 1.19. The quantitative estimate of drug-likeness (QED) is 0.705. The van der Waals surface area contributed by atoms with Crippen LogP contribution in [0.1, 0.15) is 12.6 Å². The van der Waals surface area contributed by atoms with Crippen LogP contribution >= 0.6 is 0 Å². The number of aryl methyl sites for hydroxylation is 1. The number of ether oxygens (including phenoxy) is 1. The monoisotopic (exact) mass is 169 g/mol. The molecule has 0 aromatic carbocycles. The van der Waals surface area contributed by atoms with Gasteiger partial charge in [-0.25, -0.2) is 0 Å². The SMILES string of the molecule is COC(C)(CN)c1ccnn1C. The fraction of sp³-hybridized carbons (Fsp3) is 0.625. The number of methoxy groups -OCH3 is 1. The Balaban J connectivity index is 3.02. The van der Waals surface area contributed by atoms with Crippen LogP contribution in [0.2, 0.25) is 0 Å². The van der Waals surface area contributed by atoms with Crippen LogP contribution in [0.5, 0.6) is 0 Å². The smallest absolute Gasteiger partial charge is 0.119 e. The summed E-state index contributed by atoms with van der Waals surface area (Å²) in [6.07, 6.45) is 1.74. The van der Waals surface area contributed by atoms with Crippen LogP contribution in [0.25, 0.3) is 0 Å². The number of hydrogen-bond acceptors (Lipinski definition) is 3. The first kappa shape index (κ1) is 9.22. The molecule has 4 heteroatoms. The van der Waals surface area contributed by atoms with E-state index in [0.717, 1.165) is 5.69 Å². The van der Waals surface area contributed by atoms with E-state index in [1.807, 2.05) is 20.0 Å². The Morgan fingerprint density at radius 2 is 2.42 bits per heavy atom. The van der Waals surface area contributed by atoms with E-state index < -0.39 is 5.60 Å². The topological polar surface area (TPSA) is 53.1 Å². The highest BCUT2D eigenvalue weighted by Crippen LogP contribution is 2.21. The molecule has 1 aromatic rings. The van der Waals surface area contributed by atoms with E-state index in [1.54, 1.807) is 18.0 Å². The zero-order valence-electron chi connectivity index (χ0n) is 7.74. The molecule has 0 aliphatic carbocycles. The summed E-state index contributed by atoms with van der Waals surface area (Å²) >= 11 is 0. The van der Waals surface area contributed by atoms with E-state index in [2.05, 4.69) is 5.10 Å². The van der Waals surface area contributed by atoms with Crippen molar-refractivity contribution in [3.05, 3.63) is 18.0 Å². The largest absolute Gasteiger partial charge is 0.371 e. The van der Waals surface area contributed by atoms with E-state index in [-0.39, 0.29) is 0 Å². The summed E-state index contributed by atoms with van der Waals surface area (Å²) in [7, 11) is 3.53. The summed E-state index contributed by atoms with van der Waals surface area (Å²) in [6, 6.07) is 1.91. The van der Waals surface area contributed by atoms with Crippen LogP contribution in [0.15, 0.2) is 12.3 Å². The normalized spacial score (nSPS) is 16.0. The minimum atomic E-state index is -0.425. The standard InChI is InChI=1S/C8H15N3O/c1-8(6-9,12-3)7-4-5-10-11(7)2/h4-5H,6,9H2,1-3H3. The molecule has 0 fully saturated rings. The van der Waals surface area contributed by atoms with Gasteiger partial charge < -0.3 is 10.5 Å². The predicted molar refractivity (Wildman–Crippen MR) is 46.6 cm³/mol. The average Bonchev–Trinajstić information content (AvgIpc) is 2.51. The predicted octanol–water partition coefficient (Wildman–Crippen LogP) is 0.240. The van der Waals surface area contributed by atoms with Crippen LogP contribution in [0.4, 0.5) is 0 Å². The second-order valence-corrected chi connectivity index (χ2v) is 2.98.